The third kappa shape index (κ3) is 2.99. The lowest BCUT2D eigenvalue weighted by Crippen LogP contribution is -2.19. The van der Waals surface area contributed by atoms with Gasteiger partial charge in [-0.05, 0) is 30.2 Å². The molecule has 0 N–H and O–H groups in total. The van der Waals surface area contributed by atoms with Gasteiger partial charge in [-0.15, -0.1) is 0 Å². The van der Waals surface area contributed by atoms with Crippen LogP contribution >= 0.6 is 11.6 Å². The molecule has 2 aromatic carbocycles. The Morgan fingerprint density at radius 1 is 1.05 bits per heavy atom. The van der Waals surface area contributed by atoms with E-state index in [9.17, 15) is 9.59 Å². The Balaban J connectivity index is 2.71. The predicted octanol–water partition coefficient (Wildman–Crippen LogP) is 3.74. The van der Waals surface area contributed by atoms with Gasteiger partial charge >= 0.3 is 0 Å². The SMILES string of the molecule is Cc1ccc(N=C=O)cc1C(Cl)(N=C=O)c1ccccc1. The summed E-state index contributed by atoms with van der Waals surface area (Å²) < 4.78 is 0. The Hall–Kier alpha value is -2.51. The molecule has 0 saturated carbocycles. The highest BCUT2D eigenvalue weighted by molar-refractivity contribution is 6.26. The Kier molecular flexibility index (Phi) is 4.46. The van der Waals surface area contributed by atoms with Gasteiger partial charge in [0.1, 0.15) is 0 Å². The van der Waals surface area contributed by atoms with Crippen LogP contribution in [0.25, 0.3) is 0 Å². The van der Waals surface area contributed by atoms with E-state index in [1.807, 2.05) is 13.0 Å². The number of halogens is 1. The zero-order valence-electron chi connectivity index (χ0n) is 11.2. The van der Waals surface area contributed by atoms with Crippen LogP contribution in [0.3, 0.4) is 0 Å². The first-order valence-electron chi connectivity index (χ1n) is 6.14. The summed E-state index contributed by atoms with van der Waals surface area (Å²) >= 11 is 6.60. The molecule has 0 aliphatic rings. The van der Waals surface area contributed by atoms with E-state index in [1.54, 1.807) is 42.5 Å². The molecule has 0 spiro atoms. The molecule has 2 aromatic rings. The molecular weight excluding hydrogens is 288 g/mol. The third-order valence-electron chi connectivity index (χ3n) is 3.11. The number of rotatable bonds is 4. The van der Waals surface area contributed by atoms with Crippen LogP contribution < -0.4 is 0 Å². The second-order valence-electron chi connectivity index (χ2n) is 4.39. The fourth-order valence-electron chi connectivity index (χ4n) is 2.09. The molecule has 0 bridgehead atoms. The average Bonchev–Trinajstić information content (AvgIpc) is 2.50. The molecule has 104 valence electrons. The third-order valence-corrected chi connectivity index (χ3v) is 3.62. The van der Waals surface area contributed by atoms with Gasteiger partial charge in [-0.2, -0.15) is 9.98 Å². The van der Waals surface area contributed by atoms with Crippen molar-refractivity contribution in [3.05, 3.63) is 65.2 Å². The number of hydrogen-bond acceptors (Lipinski definition) is 4. The van der Waals surface area contributed by atoms with E-state index < -0.39 is 5.00 Å². The van der Waals surface area contributed by atoms with E-state index in [0.717, 1.165) is 5.56 Å². The zero-order valence-corrected chi connectivity index (χ0v) is 12.0. The Morgan fingerprint density at radius 2 is 1.76 bits per heavy atom. The van der Waals surface area contributed by atoms with E-state index in [0.29, 0.717) is 16.8 Å². The molecule has 0 heterocycles. The highest BCUT2D eigenvalue weighted by atomic mass is 35.5. The molecule has 1 atom stereocenters. The van der Waals surface area contributed by atoms with Crippen molar-refractivity contribution in [2.75, 3.05) is 0 Å². The van der Waals surface area contributed by atoms with Gasteiger partial charge in [0.15, 0.2) is 5.00 Å². The molecule has 0 aliphatic heterocycles. The van der Waals surface area contributed by atoms with Crippen LogP contribution in [0.15, 0.2) is 58.5 Å². The van der Waals surface area contributed by atoms with Crippen molar-refractivity contribution in [3.8, 4) is 0 Å². The molecule has 0 aliphatic carbocycles. The highest BCUT2D eigenvalue weighted by Crippen LogP contribution is 2.40. The van der Waals surface area contributed by atoms with E-state index in [-0.39, 0.29) is 0 Å². The minimum atomic E-state index is -1.40. The smallest absolute Gasteiger partial charge is 0.211 e. The molecule has 0 radical (unpaired) electrons. The van der Waals surface area contributed by atoms with Gasteiger partial charge in [-0.25, -0.2) is 9.59 Å². The lowest BCUT2D eigenvalue weighted by molar-refractivity contribution is 0.557. The topological polar surface area (TPSA) is 58.9 Å². The minimum Gasteiger partial charge on any atom is -0.211 e. The molecule has 1 unspecified atom stereocenters. The number of nitrogens with zero attached hydrogens (tertiary/aromatic N) is 2. The van der Waals surface area contributed by atoms with Crippen molar-refractivity contribution in [1.29, 1.82) is 0 Å². The van der Waals surface area contributed by atoms with Crippen LogP contribution in [0.4, 0.5) is 5.69 Å². The van der Waals surface area contributed by atoms with Crippen molar-refractivity contribution in [1.82, 2.24) is 0 Å². The van der Waals surface area contributed by atoms with Crippen LogP contribution in [-0.2, 0) is 14.6 Å². The highest BCUT2D eigenvalue weighted by Gasteiger charge is 2.33. The molecule has 0 aromatic heterocycles. The monoisotopic (exact) mass is 298 g/mol. The normalized spacial score (nSPS) is 12.7. The first-order valence-corrected chi connectivity index (χ1v) is 6.52. The van der Waals surface area contributed by atoms with Gasteiger partial charge in [0.05, 0.1) is 5.69 Å². The standard InChI is InChI=1S/C16H11ClN2O2/c1-12-7-8-14(18-10-20)9-15(12)16(17,19-11-21)13-5-3-2-4-6-13/h2-9H,1H3. The summed E-state index contributed by atoms with van der Waals surface area (Å²) in [7, 11) is 0. The molecule has 21 heavy (non-hydrogen) atoms. The van der Waals surface area contributed by atoms with Crippen molar-refractivity contribution in [2.24, 2.45) is 9.98 Å². The average molecular weight is 299 g/mol. The van der Waals surface area contributed by atoms with E-state index >= 15 is 0 Å². The maximum Gasteiger partial charge on any atom is 0.240 e. The lowest BCUT2D eigenvalue weighted by atomic mass is 9.94. The number of alkyl halides is 1. The van der Waals surface area contributed by atoms with Crippen LogP contribution in [-0.4, -0.2) is 12.2 Å². The Bertz CT molecular complexity index is 748. The largest absolute Gasteiger partial charge is 0.240 e. The van der Waals surface area contributed by atoms with E-state index in [1.165, 1.54) is 12.2 Å². The summed E-state index contributed by atoms with van der Waals surface area (Å²) in [5.41, 5.74) is 2.41. The Morgan fingerprint density at radius 3 is 2.38 bits per heavy atom. The maximum absolute atomic E-state index is 10.8. The van der Waals surface area contributed by atoms with Gasteiger partial charge in [0.2, 0.25) is 12.2 Å². The van der Waals surface area contributed by atoms with Gasteiger partial charge in [-0.3, -0.25) is 0 Å². The van der Waals surface area contributed by atoms with Crippen LogP contribution in [0, 0.1) is 6.92 Å². The fourth-order valence-corrected chi connectivity index (χ4v) is 2.46. The fraction of sp³-hybridized carbons (Fsp3) is 0.125. The number of hydrogen-bond donors (Lipinski definition) is 0. The molecule has 0 fully saturated rings. The Labute approximate surface area is 126 Å². The second-order valence-corrected chi connectivity index (χ2v) is 4.94. The summed E-state index contributed by atoms with van der Waals surface area (Å²) in [5, 5.41) is 0. The molecule has 4 nitrogen and oxygen atoms in total. The van der Waals surface area contributed by atoms with Crippen molar-refractivity contribution in [3.63, 3.8) is 0 Å². The van der Waals surface area contributed by atoms with Gasteiger partial charge in [0, 0.05) is 5.56 Å². The minimum absolute atomic E-state index is 0.396. The van der Waals surface area contributed by atoms with E-state index in [4.69, 9.17) is 11.6 Å². The summed E-state index contributed by atoms with van der Waals surface area (Å²) in [6.45, 7) is 1.84. The number of benzene rings is 2. The number of carbonyl (C=O) groups excluding carboxylic acids is 2. The molecule has 2 rings (SSSR count). The first kappa shape index (κ1) is 14.9. The molecule has 0 saturated heterocycles. The second kappa shape index (κ2) is 6.29. The van der Waals surface area contributed by atoms with Crippen LogP contribution in [0.2, 0.25) is 0 Å². The molecule has 5 heteroatoms. The van der Waals surface area contributed by atoms with Crippen LogP contribution in [0.5, 0.6) is 0 Å². The number of isocyanates is 2. The first-order chi connectivity index (χ1) is 10.1. The quantitative estimate of drug-likeness (QED) is 0.374. The van der Waals surface area contributed by atoms with E-state index in [2.05, 4.69) is 9.98 Å². The lowest BCUT2D eigenvalue weighted by Gasteiger charge is -2.24. The van der Waals surface area contributed by atoms with Gasteiger partial charge in [0.25, 0.3) is 0 Å². The van der Waals surface area contributed by atoms with Crippen molar-refractivity contribution in [2.45, 2.75) is 11.9 Å². The van der Waals surface area contributed by atoms with Gasteiger partial charge < -0.3 is 0 Å². The summed E-state index contributed by atoms with van der Waals surface area (Å²) in [4.78, 5) is 27.2. The molecular formula is C16H11ClN2O2. The molecule has 0 amide bonds. The predicted molar refractivity (Wildman–Crippen MR) is 80.2 cm³/mol. The number of aryl methyl sites for hydroxylation is 1. The van der Waals surface area contributed by atoms with Crippen molar-refractivity contribution < 1.29 is 9.59 Å². The van der Waals surface area contributed by atoms with Crippen molar-refractivity contribution >= 4 is 29.4 Å². The van der Waals surface area contributed by atoms with Gasteiger partial charge in [-0.1, -0.05) is 48.0 Å². The zero-order chi connectivity index (χ0) is 15.3. The maximum atomic E-state index is 10.8. The van der Waals surface area contributed by atoms with Crippen LogP contribution in [0.1, 0.15) is 16.7 Å². The summed E-state index contributed by atoms with van der Waals surface area (Å²) in [6, 6.07) is 14.0. The number of aliphatic imine (C=N–C) groups is 2. The summed E-state index contributed by atoms with van der Waals surface area (Å²) in [6.07, 6.45) is 3.00. The summed E-state index contributed by atoms with van der Waals surface area (Å²) in [5.74, 6) is 0.